The van der Waals surface area contributed by atoms with E-state index >= 15 is 0 Å². The third kappa shape index (κ3) is 3.81. The summed E-state index contributed by atoms with van der Waals surface area (Å²) in [6, 6.07) is 3.85. The van der Waals surface area contributed by atoms with Crippen molar-refractivity contribution in [2.45, 2.75) is 44.2 Å². The number of sulfonamides is 1. The fourth-order valence-electron chi connectivity index (χ4n) is 2.44. The summed E-state index contributed by atoms with van der Waals surface area (Å²) in [7, 11) is -4.41. The molecular weight excluding hydrogens is 344 g/mol. The Morgan fingerprint density at radius 1 is 1.38 bits per heavy atom. The first-order valence-corrected chi connectivity index (χ1v) is 8.46. The van der Waals surface area contributed by atoms with Gasteiger partial charge in [-0.25, -0.2) is 22.9 Å². The highest BCUT2D eigenvalue weighted by atomic mass is 32.2. The maximum Gasteiger partial charge on any atom is 0.387 e. The van der Waals surface area contributed by atoms with Gasteiger partial charge in [0.05, 0.1) is 5.54 Å². The van der Waals surface area contributed by atoms with Gasteiger partial charge in [0.1, 0.15) is 10.6 Å². The largest absolute Gasteiger partial charge is 0.433 e. The Balaban J connectivity index is 2.28. The quantitative estimate of drug-likeness (QED) is 0.893. The molecule has 1 aliphatic rings. The third-order valence-corrected chi connectivity index (χ3v) is 4.66. The summed E-state index contributed by atoms with van der Waals surface area (Å²) in [6.07, 6.45) is 0.492. The maximum absolute atomic E-state index is 12.4. The van der Waals surface area contributed by atoms with Crippen LogP contribution in [0.2, 0.25) is 0 Å². The number of nitrogens with one attached hydrogen (secondary N) is 1. The molecule has 0 radical (unpaired) electrons. The fourth-order valence-corrected chi connectivity index (χ4v) is 3.51. The number of hydrogen-bond acceptors (Lipinski definition) is 5. The number of urea groups is 1. The zero-order chi connectivity index (χ0) is 18.1. The minimum Gasteiger partial charge on any atom is -0.433 e. The smallest absolute Gasteiger partial charge is 0.387 e. The zero-order valence-corrected chi connectivity index (χ0v) is 14.1. The average Bonchev–Trinajstić information content (AvgIpc) is 2.71. The molecule has 0 spiro atoms. The first-order valence-electron chi connectivity index (χ1n) is 6.98. The number of hydrazone groups is 1. The van der Waals surface area contributed by atoms with Crippen LogP contribution in [-0.2, 0) is 10.0 Å². The molecule has 1 aromatic carbocycles. The van der Waals surface area contributed by atoms with E-state index in [4.69, 9.17) is 0 Å². The highest BCUT2D eigenvalue weighted by molar-refractivity contribution is 7.90. The van der Waals surface area contributed by atoms with E-state index in [2.05, 4.69) is 9.84 Å². The van der Waals surface area contributed by atoms with Crippen LogP contribution < -0.4 is 9.46 Å². The molecule has 132 valence electrons. The molecule has 2 amide bonds. The molecule has 2 rings (SSSR count). The summed E-state index contributed by atoms with van der Waals surface area (Å²) in [5.41, 5.74) is -0.0168. The van der Waals surface area contributed by atoms with E-state index in [9.17, 15) is 22.0 Å². The summed E-state index contributed by atoms with van der Waals surface area (Å²) in [5, 5.41) is 5.04. The SMILES string of the molecule is CC1=NN(C(=O)NS(=O)(=O)c2ccccc2OC(F)F)C(C)(C)C1. The zero-order valence-electron chi connectivity index (χ0n) is 13.3. The number of alkyl halides is 2. The van der Waals surface area contributed by atoms with Crippen molar-refractivity contribution in [1.82, 2.24) is 9.73 Å². The predicted octanol–water partition coefficient (Wildman–Crippen LogP) is 2.55. The number of hydrogen-bond donors (Lipinski definition) is 1. The van der Waals surface area contributed by atoms with Crippen LogP contribution in [0, 0.1) is 0 Å². The number of carbonyl (C=O) groups is 1. The van der Waals surface area contributed by atoms with Gasteiger partial charge >= 0.3 is 12.6 Å². The normalized spacial score (nSPS) is 16.9. The molecule has 0 saturated carbocycles. The lowest BCUT2D eigenvalue weighted by atomic mass is 9.99. The van der Waals surface area contributed by atoms with E-state index in [-0.39, 0.29) is 0 Å². The number of rotatable bonds is 4. The number of nitrogens with zero attached hydrogens (tertiary/aromatic N) is 2. The Morgan fingerprint density at radius 2 is 2.00 bits per heavy atom. The summed E-state index contributed by atoms with van der Waals surface area (Å²) >= 11 is 0. The molecule has 1 aromatic rings. The van der Waals surface area contributed by atoms with Crippen molar-refractivity contribution in [1.29, 1.82) is 0 Å². The summed E-state index contributed by atoms with van der Waals surface area (Å²) in [6.45, 7) is 1.98. The molecule has 1 N–H and O–H groups in total. The highest BCUT2D eigenvalue weighted by Crippen LogP contribution is 2.28. The molecular formula is C14H17F2N3O4S. The van der Waals surface area contributed by atoms with Crippen molar-refractivity contribution in [3.8, 4) is 5.75 Å². The number of carbonyl (C=O) groups excluding carboxylic acids is 1. The second kappa shape index (κ2) is 6.34. The Bertz CT molecular complexity index is 778. The van der Waals surface area contributed by atoms with E-state index in [0.29, 0.717) is 12.1 Å². The van der Waals surface area contributed by atoms with Crippen LogP contribution in [0.15, 0.2) is 34.3 Å². The van der Waals surface area contributed by atoms with Crippen LogP contribution >= 0.6 is 0 Å². The molecule has 0 fully saturated rings. The van der Waals surface area contributed by atoms with E-state index in [1.807, 2.05) is 4.72 Å². The van der Waals surface area contributed by atoms with Crippen molar-refractivity contribution in [3.63, 3.8) is 0 Å². The van der Waals surface area contributed by atoms with Gasteiger partial charge in [0.2, 0.25) is 0 Å². The number of para-hydroxylation sites is 1. The second-order valence-corrected chi connectivity index (χ2v) is 7.52. The van der Waals surface area contributed by atoms with Gasteiger partial charge in [-0.05, 0) is 32.9 Å². The van der Waals surface area contributed by atoms with Crippen molar-refractivity contribution in [2.75, 3.05) is 0 Å². The molecule has 0 unspecified atom stereocenters. The van der Waals surface area contributed by atoms with Crippen LogP contribution in [0.4, 0.5) is 13.6 Å². The van der Waals surface area contributed by atoms with E-state index in [0.717, 1.165) is 17.1 Å². The van der Waals surface area contributed by atoms with Crippen molar-refractivity contribution >= 4 is 21.8 Å². The lowest BCUT2D eigenvalue weighted by Crippen LogP contribution is -2.47. The fraction of sp³-hybridized carbons (Fsp3) is 0.429. The van der Waals surface area contributed by atoms with Gasteiger partial charge in [-0.15, -0.1) is 0 Å². The molecule has 24 heavy (non-hydrogen) atoms. The first kappa shape index (κ1) is 18.1. The topological polar surface area (TPSA) is 88.1 Å². The molecule has 0 aromatic heterocycles. The maximum atomic E-state index is 12.4. The standard InChI is InChI=1S/C14H17F2N3O4S/c1-9-8-14(2,3)19(17-9)13(20)18-24(21,22)11-7-5-4-6-10(11)23-12(15)16/h4-7,12H,8H2,1-3H3,(H,18,20). The summed E-state index contributed by atoms with van der Waals surface area (Å²) in [4.78, 5) is 11.7. The summed E-state index contributed by atoms with van der Waals surface area (Å²) < 4.78 is 55.6. The molecule has 1 aliphatic heterocycles. The number of ether oxygens (including phenoxy) is 1. The van der Waals surface area contributed by atoms with Crippen LogP contribution in [0.5, 0.6) is 5.75 Å². The minimum atomic E-state index is -4.41. The molecule has 0 bridgehead atoms. The molecule has 0 aliphatic carbocycles. The van der Waals surface area contributed by atoms with Gasteiger partial charge in [0.25, 0.3) is 10.0 Å². The number of amides is 2. The van der Waals surface area contributed by atoms with Gasteiger partial charge in [0, 0.05) is 12.1 Å². The van der Waals surface area contributed by atoms with Gasteiger partial charge in [-0.2, -0.15) is 13.9 Å². The first-order chi connectivity index (χ1) is 11.0. The number of benzene rings is 1. The van der Waals surface area contributed by atoms with Crippen LogP contribution in [-0.4, -0.2) is 37.3 Å². The van der Waals surface area contributed by atoms with Gasteiger partial charge in [-0.3, -0.25) is 0 Å². The monoisotopic (exact) mass is 361 g/mol. The Hall–Kier alpha value is -2.23. The molecule has 7 nitrogen and oxygen atoms in total. The summed E-state index contributed by atoms with van der Waals surface area (Å²) in [5.74, 6) is -0.548. The lowest BCUT2D eigenvalue weighted by Gasteiger charge is -2.28. The van der Waals surface area contributed by atoms with Crippen LogP contribution in [0.1, 0.15) is 27.2 Å². The van der Waals surface area contributed by atoms with E-state index in [1.54, 1.807) is 20.8 Å². The van der Waals surface area contributed by atoms with Gasteiger partial charge < -0.3 is 4.74 Å². The third-order valence-electron chi connectivity index (χ3n) is 3.30. The minimum absolute atomic E-state index is 0.492. The molecule has 0 saturated heterocycles. The lowest BCUT2D eigenvalue weighted by molar-refractivity contribution is -0.0517. The van der Waals surface area contributed by atoms with Crippen molar-refractivity contribution in [3.05, 3.63) is 24.3 Å². The predicted molar refractivity (Wildman–Crippen MR) is 82.4 cm³/mol. The van der Waals surface area contributed by atoms with Gasteiger partial charge in [-0.1, -0.05) is 12.1 Å². The Labute approximate surface area is 138 Å². The van der Waals surface area contributed by atoms with Gasteiger partial charge in [0.15, 0.2) is 0 Å². The van der Waals surface area contributed by atoms with Crippen LogP contribution in [0.3, 0.4) is 0 Å². The Morgan fingerprint density at radius 3 is 2.54 bits per heavy atom. The molecule has 1 heterocycles. The molecule has 10 heteroatoms. The van der Waals surface area contributed by atoms with E-state index in [1.165, 1.54) is 12.1 Å². The van der Waals surface area contributed by atoms with Crippen LogP contribution in [0.25, 0.3) is 0 Å². The van der Waals surface area contributed by atoms with Crippen molar-refractivity contribution in [2.24, 2.45) is 5.10 Å². The van der Waals surface area contributed by atoms with E-state index < -0.39 is 38.8 Å². The van der Waals surface area contributed by atoms with Crippen molar-refractivity contribution < 1.29 is 26.7 Å². The Kier molecular flexibility index (Phi) is 4.79. The number of halogens is 2. The molecule has 0 atom stereocenters. The highest BCUT2D eigenvalue weighted by Gasteiger charge is 2.38. The average molecular weight is 361 g/mol. The second-order valence-electron chi connectivity index (χ2n) is 5.87.